The van der Waals surface area contributed by atoms with E-state index in [0.717, 1.165) is 23.3 Å². The van der Waals surface area contributed by atoms with Gasteiger partial charge in [-0.1, -0.05) is 31.2 Å². The van der Waals surface area contributed by atoms with Crippen molar-refractivity contribution in [3.05, 3.63) is 59.7 Å². The monoisotopic (exact) mass is 342 g/mol. The number of hydrogen-bond donors (Lipinski definition) is 2. The number of nitrogens with one attached hydrogen (secondary N) is 2. The van der Waals surface area contributed by atoms with Crippen molar-refractivity contribution in [1.29, 1.82) is 0 Å². The molecule has 0 aliphatic heterocycles. The van der Waals surface area contributed by atoms with Gasteiger partial charge in [-0.15, -0.1) is 0 Å². The molecule has 25 heavy (non-hydrogen) atoms. The van der Waals surface area contributed by atoms with Gasteiger partial charge in [0.05, 0.1) is 13.5 Å². The Morgan fingerprint density at radius 2 is 1.64 bits per heavy atom. The summed E-state index contributed by atoms with van der Waals surface area (Å²) in [5.74, 6) is 0.609. The molecule has 0 spiro atoms. The molecule has 2 aromatic rings. The molecule has 2 rings (SSSR count). The summed E-state index contributed by atoms with van der Waals surface area (Å²) in [5.41, 5.74) is 6.65. The van der Waals surface area contributed by atoms with Gasteiger partial charge in [-0.3, -0.25) is 20.4 Å². The number of amides is 2. The Bertz CT molecular complexity index is 714. The molecule has 0 atom stereocenters. The SMILES string of the molecule is CCc1cccc(OCC(=O)NNC(=O)Cc2ccc(OC)cc2)c1. The van der Waals surface area contributed by atoms with E-state index in [9.17, 15) is 9.59 Å². The van der Waals surface area contributed by atoms with Crippen LogP contribution in [0.1, 0.15) is 18.1 Å². The van der Waals surface area contributed by atoms with E-state index in [1.54, 1.807) is 37.4 Å². The van der Waals surface area contributed by atoms with Gasteiger partial charge >= 0.3 is 0 Å². The number of benzene rings is 2. The number of carbonyl (C=O) groups excluding carboxylic acids is 2. The molecule has 132 valence electrons. The predicted octanol–water partition coefficient (Wildman–Crippen LogP) is 2.03. The first-order valence-electron chi connectivity index (χ1n) is 8.03. The van der Waals surface area contributed by atoms with E-state index in [1.165, 1.54) is 0 Å². The Hall–Kier alpha value is -3.02. The number of aryl methyl sites for hydroxylation is 1. The number of rotatable bonds is 7. The zero-order valence-electron chi connectivity index (χ0n) is 14.4. The maximum atomic E-state index is 11.8. The van der Waals surface area contributed by atoms with Crippen molar-refractivity contribution >= 4 is 11.8 Å². The number of hydrazine groups is 1. The first kappa shape index (κ1) is 18.3. The lowest BCUT2D eigenvalue weighted by Gasteiger charge is -2.09. The first-order valence-corrected chi connectivity index (χ1v) is 8.03. The first-order chi connectivity index (χ1) is 12.1. The van der Waals surface area contributed by atoms with Gasteiger partial charge in [0.2, 0.25) is 5.91 Å². The molecule has 2 aromatic carbocycles. The Kier molecular flexibility index (Phi) is 6.83. The quantitative estimate of drug-likeness (QED) is 0.755. The summed E-state index contributed by atoms with van der Waals surface area (Å²) in [6.45, 7) is 1.88. The van der Waals surface area contributed by atoms with Crippen molar-refractivity contribution in [2.75, 3.05) is 13.7 Å². The molecule has 0 saturated carbocycles. The third-order valence-electron chi connectivity index (χ3n) is 3.54. The highest BCUT2D eigenvalue weighted by Gasteiger charge is 2.07. The topological polar surface area (TPSA) is 76.7 Å². The van der Waals surface area contributed by atoms with E-state index in [4.69, 9.17) is 9.47 Å². The number of ether oxygens (including phenoxy) is 2. The van der Waals surface area contributed by atoms with Crippen LogP contribution in [0.15, 0.2) is 48.5 Å². The summed E-state index contributed by atoms with van der Waals surface area (Å²) in [5, 5.41) is 0. The minimum Gasteiger partial charge on any atom is -0.497 e. The van der Waals surface area contributed by atoms with Crippen LogP contribution in [0.25, 0.3) is 0 Å². The molecular formula is C19H22N2O4. The highest BCUT2D eigenvalue weighted by molar-refractivity contribution is 5.83. The molecule has 2 N–H and O–H groups in total. The smallest absolute Gasteiger partial charge is 0.276 e. The average molecular weight is 342 g/mol. The fraction of sp³-hybridized carbons (Fsp3) is 0.263. The fourth-order valence-corrected chi connectivity index (χ4v) is 2.15. The van der Waals surface area contributed by atoms with Gasteiger partial charge in [0.25, 0.3) is 5.91 Å². The predicted molar refractivity (Wildman–Crippen MR) is 94.3 cm³/mol. The van der Waals surface area contributed by atoms with E-state index < -0.39 is 5.91 Å². The summed E-state index contributed by atoms with van der Waals surface area (Å²) in [7, 11) is 1.58. The molecule has 0 radical (unpaired) electrons. The molecule has 6 heteroatoms. The Morgan fingerprint density at radius 3 is 2.32 bits per heavy atom. The molecule has 0 aliphatic carbocycles. The van der Waals surface area contributed by atoms with Crippen LogP contribution in [0.5, 0.6) is 11.5 Å². The van der Waals surface area contributed by atoms with Crippen LogP contribution in [0, 0.1) is 0 Å². The second-order valence-corrected chi connectivity index (χ2v) is 5.41. The highest BCUT2D eigenvalue weighted by Crippen LogP contribution is 2.13. The van der Waals surface area contributed by atoms with Crippen LogP contribution in [-0.4, -0.2) is 25.5 Å². The summed E-state index contributed by atoms with van der Waals surface area (Å²) in [4.78, 5) is 23.6. The molecule has 2 amide bonds. The average Bonchev–Trinajstić information content (AvgIpc) is 2.65. The molecule has 0 unspecified atom stereocenters. The molecule has 0 fully saturated rings. The Labute approximate surface area is 147 Å². The van der Waals surface area contributed by atoms with Crippen LogP contribution in [-0.2, 0) is 22.4 Å². The number of hydrogen-bond acceptors (Lipinski definition) is 4. The minimum absolute atomic E-state index is 0.156. The van der Waals surface area contributed by atoms with E-state index in [1.807, 2.05) is 25.1 Å². The highest BCUT2D eigenvalue weighted by atomic mass is 16.5. The summed E-state index contributed by atoms with van der Waals surface area (Å²) < 4.78 is 10.5. The van der Waals surface area contributed by atoms with E-state index >= 15 is 0 Å². The summed E-state index contributed by atoms with van der Waals surface area (Å²) in [6, 6.07) is 14.7. The Balaban J connectivity index is 1.72. The van der Waals surface area contributed by atoms with Crippen molar-refractivity contribution in [1.82, 2.24) is 10.9 Å². The normalized spacial score (nSPS) is 10.0. The second kappa shape index (κ2) is 9.32. The van der Waals surface area contributed by atoms with Crippen molar-refractivity contribution in [2.45, 2.75) is 19.8 Å². The number of carbonyl (C=O) groups is 2. The molecule has 0 bridgehead atoms. The zero-order chi connectivity index (χ0) is 18.1. The van der Waals surface area contributed by atoms with Gasteiger partial charge in [-0.05, 0) is 41.8 Å². The third kappa shape index (κ3) is 6.18. The van der Waals surface area contributed by atoms with Crippen LogP contribution >= 0.6 is 0 Å². The second-order valence-electron chi connectivity index (χ2n) is 5.41. The van der Waals surface area contributed by atoms with E-state index in [0.29, 0.717) is 5.75 Å². The lowest BCUT2D eigenvalue weighted by Crippen LogP contribution is -2.44. The summed E-state index contributed by atoms with van der Waals surface area (Å²) >= 11 is 0. The van der Waals surface area contributed by atoms with Crippen LogP contribution < -0.4 is 20.3 Å². The molecule has 0 saturated heterocycles. The Morgan fingerprint density at radius 1 is 0.920 bits per heavy atom. The molecular weight excluding hydrogens is 320 g/mol. The van der Waals surface area contributed by atoms with Crippen molar-refractivity contribution < 1.29 is 19.1 Å². The molecule has 0 aliphatic rings. The minimum atomic E-state index is -0.426. The maximum Gasteiger partial charge on any atom is 0.276 e. The summed E-state index contributed by atoms with van der Waals surface area (Å²) in [6.07, 6.45) is 1.05. The lowest BCUT2D eigenvalue weighted by atomic mass is 10.1. The third-order valence-corrected chi connectivity index (χ3v) is 3.54. The van der Waals surface area contributed by atoms with Crippen molar-refractivity contribution in [3.8, 4) is 11.5 Å². The van der Waals surface area contributed by atoms with Crippen LogP contribution in [0.2, 0.25) is 0 Å². The zero-order valence-corrected chi connectivity index (χ0v) is 14.4. The fourth-order valence-electron chi connectivity index (χ4n) is 2.15. The number of methoxy groups -OCH3 is 1. The van der Waals surface area contributed by atoms with Gasteiger partial charge < -0.3 is 9.47 Å². The van der Waals surface area contributed by atoms with Crippen LogP contribution in [0.3, 0.4) is 0 Å². The van der Waals surface area contributed by atoms with Crippen molar-refractivity contribution in [2.24, 2.45) is 0 Å². The lowest BCUT2D eigenvalue weighted by molar-refractivity contribution is -0.129. The largest absolute Gasteiger partial charge is 0.497 e. The standard InChI is InChI=1S/C19H22N2O4/c1-3-14-5-4-6-17(11-14)25-13-19(23)21-20-18(22)12-15-7-9-16(24-2)10-8-15/h4-11H,3,12-13H2,1-2H3,(H,20,22)(H,21,23). The van der Waals surface area contributed by atoms with E-state index in [2.05, 4.69) is 10.9 Å². The van der Waals surface area contributed by atoms with Gasteiger partial charge in [0, 0.05) is 0 Å². The van der Waals surface area contributed by atoms with Gasteiger partial charge in [-0.25, -0.2) is 0 Å². The van der Waals surface area contributed by atoms with Gasteiger partial charge in [-0.2, -0.15) is 0 Å². The maximum absolute atomic E-state index is 11.8. The van der Waals surface area contributed by atoms with Crippen molar-refractivity contribution in [3.63, 3.8) is 0 Å². The molecule has 6 nitrogen and oxygen atoms in total. The van der Waals surface area contributed by atoms with Crippen LogP contribution in [0.4, 0.5) is 0 Å². The van der Waals surface area contributed by atoms with Gasteiger partial charge in [0.1, 0.15) is 11.5 Å². The van der Waals surface area contributed by atoms with E-state index in [-0.39, 0.29) is 18.9 Å². The van der Waals surface area contributed by atoms with Gasteiger partial charge in [0.15, 0.2) is 6.61 Å². The molecule has 0 heterocycles. The molecule has 0 aromatic heterocycles.